The minimum atomic E-state index is 0.933. The first-order chi connectivity index (χ1) is 7.85. The van der Waals surface area contributed by atoms with Crippen LogP contribution in [0.5, 0.6) is 0 Å². The van der Waals surface area contributed by atoms with Crippen LogP contribution in [0.2, 0.25) is 0 Å². The van der Waals surface area contributed by atoms with Crippen molar-refractivity contribution in [3.63, 3.8) is 0 Å². The van der Waals surface area contributed by atoms with Gasteiger partial charge >= 0.3 is 0 Å². The van der Waals surface area contributed by atoms with Gasteiger partial charge in [-0.05, 0) is 31.9 Å². The second-order valence-electron chi connectivity index (χ2n) is 3.93. The average molecular weight is 237 g/mol. The number of nitrogens with zero attached hydrogens (tertiary/aromatic N) is 2. The van der Waals surface area contributed by atoms with Crippen LogP contribution in [0.3, 0.4) is 0 Å². The van der Waals surface area contributed by atoms with E-state index in [1.807, 2.05) is 11.8 Å². The molecule has 0 amide bonds. The van der Waals surface area contributed by atoms with Gasteiger partial charge in [-0.2, -0.15) is 11.8 Å². The predicted octanol–water partition coefficient (Wildman–Crippen LogP) is 2.65. The Hall–Kier alpha value is -0.770. The highest BCUT2D eigenvalue weighted by molar-refractivity contribution is 7.98. The van der Waals surface area contributed by atoms with Crippen molar-refractivity contribution in [3.05, 3.63) is 17.1 Å². The molecule has 1 N–H and O–H groups in total. The molecule has 1 aromatic heterocycles. The third-order valence-corrected chi connectivity index (χ3v) is 3.63. The van der Waals surface area contributed by atoms with Crippen LogP contribution in [-0.4, -0.2) is 22.3 Å². The first kappa shape index (κ1) is 11.7. The molecule has 1 heterocycles. The van der Waals surface area contributed by atoms with E-state index in [4.69, 9.17) is 0 Å². The second kappa shape index (κ2) is 5.53. The number of hydrogen-bond donors (Lipinski definition) is 1. The fraction of sp³-hybridized carbons (Fsp3) is 0.667. The lowest BCUT2D eigenvalue weighted by atomic mass is 10.2. The number of nitrogens with one attached hydrogen (secondary N) is 1. The lowest BCUT2D eigenvalue weighted by Gasteiger charge is -2.10. The summed E-state index contributed by atoms with van der Waals surface area (Å²) in [4.78, 5) is 9.29. The fourth-order valence-electron chi connectivity index (χ4n) is 2.06. The normalized spacial score (nSPS) is 13.9. The maximum atomic E-state index is 4.66. The fourth-order valence-corrected chi connectivity index (χ4v) is 2.57. The molecule has 16 heavy (non-hydrogen) atoms. The van der Waals surface area contributed by atoms with E-state index >= 15 is 0 Å². The van der Waals surface area contributed by atoms with Crippen molar-refractivity contribution < 1.29 is 0 Å². The standard InChI is InChI=1S/C12H19N3S/c1-3-13-12-9-6-5-7-10(9)14-11(15-12)8-16-4-2/h3-8H2,1-2H3,(H,13,14,15). The molecule has 0 aromatic carbocycles. The van der Waals surface area contributed by atoms with E-state index in [0.29, 0.717) is 0 Å². The summed E-state index contributed by atoms with van der Waals surface area (Å²) in [6.45, 7) is 5.22. The minimum Gasteiger partial charge on any atom is -0.370 e. The summed E-state index contributed by atoms with van der Waals surface area (Å²) in [5.41, 5.74) is 2.63. The maximum Gasteiger partial charge on any atom is 0.140 e. The highest BCUT2D eigenvalue weighted by Crippen LogP contribution is 2.26. The van der Waals surface area contributed by atoms with Crippen molar-refractivity contribution in [1.82, 2.24) is 9.97 Å². The molecule has 0 saturated heterocycles. The number of aromatic nitrogens is 2. The van der Waals surface area contributed by atoms with Crippen molar-refractivity contribution >= 4 is 17.6 Å². The van der Waals surface area contributed by atoms with Gasteiger partial charge in [0.25, 0.3) is 0 Å². The summed E-state index contributed by atoms with van der Waals surface area (Å²) >= 11 is 1.88. The summed E-state index contributed by atoms with van der Waals surface area (Å²) in [6, 6.07) is 0. The van der Waals surface area contributed by atoms with E-state index in [1.165, 1.54) is 17.7 Å². The molecule has 0 aliphatic heterocycles. The van der Waals surface area contributed by atoms with Crippen molar-refractivity contribution in [3.8, 4) is 0 Å². The Morgan fingerprint density at radius 2 is 2.12 bits per heavy atom. The van der Waals surface area contributed by atoms with Gasteiger partial charge in [0.2, 0.25) is 0 Å². The van der Waals surface area contributed by atoms with Gasteiger partial charge in [-0.3, -0.25) is 0 Å². The molecule has 2 rings (SSSR count). The molecular weight excluding hydrogens is 218 g/mol. The lowest BCUT2D eigenvalue weighted by Crippen LogP contribution is -2.08. The highest BCUT2D eigenvalue weighted by atomic mass is 32.2. The smallest absolute Gasteiger partial charge is 0.140 e. The van der Waals surface area contributed by atoms with Crippen LogP contribution in [0.15, 0.2) is 0 Å². The zero-order valence-corrected chi connectivity index (χ0v) is 10.9. The average Bonchev–Trinajstić information content (AvgIpc) is 2.75. The molecule has 0 spiro atoms. The maximum absolute atomic E-state index is 4.66. The molecule has 0 fully saturated rings. The van der Waals surface area contributed by atoms with Crippen LogP contribution >= 0.6 is 11.8 Å². The zero-order valence-electron chi connectivity index (χ0n) is 10.0. The number of rotatable bonds is 5. The van der Waals surface area contributed by atoms with Gasteiger partial charge in [0.05, 0.1) is 5.75 Å². The van der Waals surface area contributed by atoms with Crippen LogP contribution in [0.25, 0.3) is 0 Å². The Morgan fingerprint density at radius 1 is 1.25 bits per heavy atom. The van der Waals surface area contributed by atoms with Crippen LogP contribution in [0.1, 0.15) is 37.4 Å². The summed E-state index contributed by atoms with van der Waals surface area (Å²) in [6.07, 6.45) is 3.49. The van der Waals surface area contributed by atoms with Crippen LogP contribution < -0.4 is 5.32 Å². The van der Waals surface area contributed by atoms with Crippen LogP contribution in [0.4, 0.5) is 5.82 Å². The van der Waals surface area contributed by atoms with E-state index in [1.54, 1.807) is 0 Å². The first-order valence-corrected chi connectivity index (χ1v) is 7.20. The van der Waals surface area contributed by atoms with E-state index < -0.39 is 0 Å². The van der Waals surface area contributed by atoms with Gasteiger partial charge in [-0.25, -0.2) is 9.97 Å². The Balaban J connectivity index is 2.24. The van der Waals surface area contributed by atoms with E-state index in [2.05, 4.69) is 29.1 Å². The molecule has 3 nitrogen and oxygen atoms in total. The zero-order chi connectivity index (χ0) is 11.4. The predicted molar refractivity (Wildman–Crippen MR) is 70.1 cm³/mol. The molecule has 1 aliphatic rings. The molecule has 0 unspecified atom stereocenters. The molecule has 1 aromatic rings. The van der Waals surface area contributed by atoms with E-state index in [-0.39, 0.29) is 0 Å². The monoisotopic (exact) mass is 237 g/mol. The van der Waals surface area contributed by atoms with Gasteiger partial charge in [0.1, 0.15) is 11.6 Å². The second-order valence-corrected chi connectivity index (χ2v) is 5.21. The van der Waals surface area contributed by atoms with Gasteiger partial charge < -0.3 is 5.32 Å². The Morgan fingerprint density at radius 3 is 2.88 bits per heavy atom. The third-order valence-electron chi connectivity index (χ3n) is 2.76. The Kier molecular flexibility index (Phi) is 4.04. The number of anilines is 1. The quantitative estimate of drug-likeness (QED) is 0.854. The van der Waals surface area contributed by atoms with Gasteiger partial charge in [-0.1, -0.05) is 6.92 Å². The Bertz CT molecular complexity index is 366. The van der Waals surface area contributed by atoms with Gasteiger partial charge in [0, 0.05) is 17.8 Å². The summed E-state index contributed by atoms with van der Waals surface area (Å²) < 4.78 is 0. The van der Waals surface area contributed by atoms with E-state index in [9.17, 15) is 0 Å². The number of thioether (sulfide) groups is 1. The molecule has 0 atom stereocenters. The van der Waals surface area contributed by atoms with Gasteiger partial charge in [-0.15, -0.1) is 0 Å². The minimum absolute atomic E-state index is 0.933. The summed E-state index contributed by atoms with van der Waals surface area (Å²) in [5.74, 6) is 4.12. The van der Waals surface area contributed by atoms with E-state index in [0.717, 1.165) is 42.5 Å². The summed E-state index contributed by atoms with van der Waals surface area (Å²) in [7, 11) is 0. The molecule has 4 heteroatoms. The van der Waals surface area contributed by atoms with Crippen molar-refractivity contribution in [2.45, 2.75) is 38.9 Å². The van der Waals surface area contributed by atoms with Crippen LogP contribution in [0, 0.1) is 0 Å². The molecule has 1 aliphatic carbocycles. The number of fused-ring (bicyclic) bond motifs is 1. The molecule has 0 bridgehead atoms. The van der Waals surface area contributed by atoms with Gasteiger partial charge in [0.15, 0.2) is 0 Å². The topological polar surface area (TPSA) is 37.8 Å². The van der Waals surface area contributed by atoms with Crippen molar-refractivity contribution in [2.24, 2.45) is 0 Å². The number of hydrogen-bond acceptors (Lipinski definition) is 4. The molecule has 88 valence electrons. The highest BCUT2D eigenvalue weighted by Gasteiger charge is 2.18. The lowest BCUT2D eigenvalue weighted by molar-refractivity contribution is 0.893. The number of aryl methyl sites for hydroxylation is 1. The molecule has 0 radical (unpaired) electrons. The Labute approximate surface area is 101 Å². The SMILES string of the molecule is CCNc1nc(CSCC)nc2c1CCC2. The largest absolute Gasteiger partial charge is 0.370 e. The molecular formula is C12H19N3S. The van der Waals surface area contributed by atoms with Crippen LogP contribution in [-0.2, 0) is 18.6 Å². The third kappa shape index (κ3) is 2.48. The van der Waals surface area contributed by atoms with Crippen molar-refractivity contribution in [1.29, 1.82) is 0 Å². The van der Waals surface area contributed by atoms with Crippen molar-refractivity contribution in [2.75, 3.05) is 17.6 Å². The summed E-state index contributed by atoms with van der Waals surface area (Å²) in [5, 5.41) is 3.36. The first-order valence-electron chi connectivity index (χ1n) is 6.05. The molecule has 0 saturated carbocycles.